The maximum absolute atomic E-state index is 12.5. The van der Waals surface area contributed by atoms with Crippen LogP contribution in [0, 0.1) is 13.8 Å². The molecule has 1 N–H and O–H groups in total. The van der Waals surface area contributed by atoms with Gasteiger partial charge in [0.05, 0.1) is 17.2 Å². The molecule has 26 heavy (non-hydrogen) atoms. The molecule has 3 rings (SSSR count). The van der Waals surface area contributed by atoms with E-state index in [1.807, 2.05) is 44.2 Å². The maximum atomic E-state index is 12.5. The first-order chi connectivity index (χ1) is 12.3. The highest BCUT2D eigenvalue weighted by Gasteiger charge is 2.23. The van der Waals surface area contributed by atoms with E-state index in [1.165, 1.54) is 11.3 Å². The quantitative estimate of drug-likeness (QED) is 0.689. The monoisotopic (exact) mass is 369 g/mol. The lowest BCUT2D eigenvalue weighted by molar-refractivity contribution is 0.0236. The third-order valence-electron chi connectivity index (χ3n) is 4.09. The van der Waals surface area contributed by atoms with E-state index in [2.05, 4.69) is 36.2 Å². The van der Waals surface area contributed by atoms with Crippen LogP contribution < -0.4 is 5.48 Å². The van der Waals surface area contributed by atoms with Gasteiger partial charge in [-0.25, -0.2) is 15.4 Å². The zero-order valence-electron chi connectivity index (χ0n) is 15.7. The Morgan fingerprint density at radius 1 is 1.15 bits per heavy atom. The molecule has 0 saturated carbocycles. The lowest BCUT2D eigenvalue weighted by Gasteiger charge is -2.16. The second kappa shape index (κ2) is 7.13. The first-order valence-corrected chi connectivity index (χ1v) is 9.33. The molecule has 2 aromatic heterocycles. The van der Waals surface area contributed by atoms with E-state index in [4.69, 9.17) is 4.84 Å². The van der Waals surface area contributed by atoms with Crippen molar-refractivity contribution in [3.63, 3.8) is 0 Å². The summed E-state index contributed by atoms with van der Waals surface area (Å²) in [5.41, 5.74) is 5.19. The second-order valence-corrected chi connectivity index (χ2v) is 8.32. The number of hydrogen-bond acceptors (Lipinski definition) is 5. The fourth-order valence-corrected chi connectivity index (χ4v) is 3.81. The highest BCUT2D eigenvalue weighted by molar-refractivity contribution is 7.20. The van der Waals surface area contributed by atoms with Crippen molar-refractivity contribution in [1.29, 1.82) is 0 Å². The van der Waals surface area contributed by atoms with Gasteiger partial charge in [0.25, 0.3) is 5.91 Å². The SMILES string of the molecule is Cc1nc(C(C)(C)C)nc2sc(C(=O)NOCc3ccccc3)c(C)c12. The van der Waals surface area contributed by atoms with Gasteiger partial charge in [-0.05, 0) is 25.0 Å². The van der Waals surface area contributed by atoms with Crippen molar-refractivity contribution in [3.05, 3.63) is 57.9 Å². The molecule has 0 aliphatic heterocycles. The first kappa shape index (κ1) is 18.5. The Labute approximate surface area is 157 Å². The van der Waals surface area contributed by atoms with Gasteiger partial charge in [0.15, 0.2) is 0 Å². The van der Waals surface area contributed by atoms with E-state index in [-0.39, 0.29) is 11.3 Å². The van der Waals surface area contributed by atoms with Gasteiger partial charge in [0, 0.05) is 10.8 Å². The fourth-order valence-electron chi connectivity index (χ4n) is 2.70. The Morgan fingerprint density at radius 2 is 1.85 bits per heavy atom. The predicted molar refractivity (Wildman–Crippen MR) is 104 cm³/mol. The van der Waals surface area contributed by atoms with E-state index in [1.54, 1.807) is 0 Å². The Bertz CT molecular complexity index is 943. The normalized spacial score (nSPS) is 11.7. The number of aryl methyl sites for hydroxylation is 2. The number of aromatic nitrogens is 2. The zero-order valence-corrected chi connectivity index (χ0v) is 16.5. The number of benzene rings is 1. The zero-order chi connectivity index (χ0) is 18.9. The average molecular weight is 369 g/mol. The van der Waals surface area contributed by atoms with Crippen LogP contribution in [0.5, 0.6) is 0 Å². The molecule has 0 aliphatic carbocycles. The molecule has 2 heterocycles. The van der Waals surface area contributed by atoms with Crippen molar-refractivity contribution in [3.8, 4) is 0 Å². The number of carbonyl (C=O) groups excluding carboxylic acids is 1. The number of nitrogens with zero attached hydrogens (tertiary/aromatic N) is 2. The molecule has 136 valence electrons. The smallest absolute Gasteiger partial charge is 0.269 e. The van der Waals surface area contributed by atoms with E-state index < -0.39 is 0 Å². The molecule has 1 amide bonds. The summed E-state index contributed by atoms with van der Waals surface area (Å²) in [5.74, 6) is 0.536. The number of amides is 1. The molecule has 0 bridgehead atoms. The Balaban J connectivity index is 1.82. The average Bonchev–Trinajstić information content (AvgIpc) is 2.92. The molecule has 0 unspecified atom stereocenters. The maximum Gasteiger partial charge on any atom is 0.285 e. The van der Waals surface area contributed by atoms with Crippen LogP contribution in [-0.4, -0.2) is 15.9 Å². The molecule has 0 radical (unpaired) electrons. The third kappa shape index (κ3) is 3.76. The van der Waals surface area contributed by atoms with E-state index >= 15 is 0 Å². The summed E-state index contributed by atoms with van der Waals surface area (Å²) in [4.78, 5) is 28.7. The van der Waals surface area contributed by atoms with Crippen molar-refractivity contribution >= 4 is 27.5 Å². The van der Waals surface area contributed by atoms with E-state index in [0.29, 0.717) is 11.5 Å². The summed E-state index contributed by atoms with van der Waals surface area (Å²) in [6.45, 7) is 10.5. The topological polar surface area (TPSA) is 64.1 Å². The van der Waals surface area contributed by atoms with Crippen LogP contribution in [-0.2, 0) is 16.9 Å². The number of thiophene rings is 1. The van der Waals surface area contributed by atoms with Crippen molar-refractivity contribution in [2.75, 3.05) is 0 Å². The largest absolute Gasteiger partial charge is 0.285 e. The molecule has 0 atom stereocenters. The van der Waals surface area contributed by atoms with Gasteiger partial charge in [-0.3, -0.25) is 9.63 Å². The highest BCUT2D eigenvalue weighted by atomic mass is 32.1. The Kier molecular flexibility index (Phi) is 5.07. The molecule has 0 aliphatic rings. The van der Waals surface area contributed by atoms with Crippen molar-refractivity contribution in [2.24, 2.45) is 0 Å². The molecule has 6 heteroatoms. The molecule has 1 aromatic carbocycles. The van der Waals surface area contributed by atoms with Gasteiger partial charge in [-0.1, -0.05) is 51.1 Å². The molecule has 3 aromatic rings. The fraction of sp³-hybridized carbons (Fsp3) is 0.350. The highest BCUT2D eigenvalue weighted by Crippen LogP contribution is 2.33. The predicted octanol–water partition coefficient (Wildman–Crippen LogP) is 4.47. The summed E-state index contributed by atoms with van der Waals surface area (Å²) in [6.07, 6.45) is 0. The van der Waals surface area contributed by atoms with Crippen LogP contribution in [0.25, 0.3) is 10.2 Å². The summed E-state index contributed by atoms with van der Waals surface area (Å²) in [5, 5.41) is 0.955. The molecule has 0 fully saturated rings. The lowest BCUT2D eigenvalue weighted by Crippen LogP contribution is -2.23. The molecular formula is C20H23N3O2S. The van der Waals surface area contributed by atoms with Crippen LogP contribution in [0.3, 0.4) is 0 Å². The van der Waals surface area contributed by atoms with Gasteiger partial charge in [-0.2, -0.15) is 0 Å². The summed E-state index contributed by atoms with van der Waals surface area (Å²) in [7, 11) is 0. The summed E-state index contributed by atoms with van der Waals surface area (Å²) >= 11 is 1.38. The van der Waals surface area contributed by atoms with Gasteiger partial charge < -0.3 is 0 Å². The number of hydrogen-bond donors (Lipinski definition) is 1. The minimum atomic E-state index is -0.252. The molecule has 0 saturated heterocycles. The van der Waals surface area contributed by atoms with Crippen LogP contribution >= 0.6 is 11.3 Å². The third-order valence-corrected chi connectivity index (χ3v) is 5.28. The van der Waals surface area contributed by atoms with Crippen LogP contribution in [0.15, 0.2) is 30.3 Å². The second-order valence-electron chi connectivity index (χ2n) is 7.32. The summed E-state index contributed by atoms with van der Waals surface area (Å²) in [6, 6.07) is 9.71. The van der Waals surface area contributed by atoms with Gasteiger partial charge in [-0.15, -0.1) is 11.3 Å². The van der Waals surface area contributed by atoms with Crippen molar-refractivity contribution in [1.82, 2.24) is 15.4 Å². The van der Waals surface area contributed by atoms with Crippen LogP contribution in [0.4, 0.5) is 0 Å². The number of rotatable bonds is 4. The van der Waals surface area contributed by atoms with Gasteiger partial charge >= 0.3 is 0 Å². The van der Waals surface area contributed by atoms with Gasteiger partial charge in [0.2, 0.25) is 0 Å². The molecule has 5 nitrogen and oxygen atoms in total. The Morgan fingerprint density at radius 3 is 2.50 bits per heavy atom. The standard InChI is InChI=1S/C20H23N3O2S/c1-12-15-13(2)21-19(20(3,4)5)22-18(15)26-16(12)17(24)23-25-11-14-9-7-6-8-10-14/h6-10H,11H2,1-5H3,(H,23,24). The number of hydroxylamine groups is 1. The Hall–Kier alpha value is -2.31. The summed E-state index contributed by atoms with van der Waals surface area (Å²) < 4.78 is 0. The van der Waals surface area contributed by atoms with Crippen molar-refractivity contribution < 1.29 is 9.63 Å². The molecular weight excluding hydrogens is 346 g/mol. The van der Waals surface area contributed by atoms with E-state index in [0.717, 1.165) is 32.9 Å². The first-order valence-electron chi connectivity index (χ1n) is 8.51. The van der Waals surface area contributed by atoms with Crippen LogP contribution in [0.1, 0.15) is 53.1 Å². The lowest BCUT2D eigenvalue weighted by atomic mass is 9.95. The minimum Gasteiger partial charge on any atom is -0.269 e. The number of nitrogens with one attached hydrogen (secondary N) is 1. The molecule has 0 spiro atoms. The minimum absolute atomic E-state index is 0.141. The van der Waals surface area contributed by atoms with Gasteiger partial charge in [0.1, 0.15) is 10.7 Å². The number of carbonyl (C=O) groups is 1. The van der Waals surface area contributed by atoms with Crippen molar-refractivity contribution in [2.45, 2.75) is 46.6 Å². The number of fused-ring (bicyclic) bond motifs is 1. The van der Waals surface area contributed by atoms with E-state index in [9.17, 15) is 4.79 Å². The van der Waals surface area contributed by atoms with Crippen LogP contribution in [0.2, 0.25) is 0 Å².